The zero-order chi connectivity index (χ0) is 15.9. The quantitative estimate of drug-likeness (QED) is 0.354. The minimum absolute atomic E-state index is 0.694. The molecule has 0 saturated carbocycles. The minimum Gasteiger partial charge on any atom is -0.439 e. The van der Waals surface area contributed by atoms with Gasteiger partial charge in [0.1, 0.15) is 12.5 Å². The Hall–Kier alpha value is -2.78. The van der Waals surface area contributed by atoms with Crippen molar-refractivity contribution in [2.24, 2.45) is 0 Å². The first kappa shape index (κ1) is 16.3. The molecule has 1 aliphatic rings. The van der Waals surface area contributed by atoms with Crippen LogP contribution >= 0.6 is 0 Å². The molecule has 0 aliphatic carbocycles. The molecule has 0 aromatic rings. The number of hydrogen-bond donors (Lipinski definition) is 0. The fourth-order valence-electron chi connectivity index (χ4n) is 1.07. The van der Waals surface area contributed by atoms with Crippen LogP contribution < -0.4 is 0 Å². The number of esters is 4. The maximum Gasteiger partial charge on any atom is 0.452 e. The van der Waals surface area contributed by atoms with E-state index in [-0.39, 0.29) is 0 Å². The molecular formula is C11H12O10. The van der Waals surface area contributed by atoms with Gasteiger partial charge in [0.25, 0.3) is 0 Å². The van der Waals surface area contributed by atoms with E-state index in [0.717, 1.165) is 26.4 Å². The molecule has 0 fully saturated rings. The fraction of sp³-hybridized carbons (Fsp3) is 0.455. The van der Waals surface area contributed by atoms with Crippen molar-refractivity contribution in [3.05, 3.63) is 12.5 Å². The molecule has 1 aliphatic heterocycles. The number of ether oxygens (including phenoxy) is 6. The molecule has 0 atom stereocenters. The van der Waals surface area contributed by atoms with Crippen molar-refractivity contribution in [2.45, 2.75) is 19.6 Å². The first-order valence-electron chi connectivity index (χ1n) is 5.50. The lowest BCUT2D eigenvalue weighted by Gasteiger charge is -2.22. The molecule has 10 nitrogen and oxygen atoms in total. The average molecular weight is 304 g/mol. The lowest BCUT2D eigenvalue weighted by Crippen LogP contribution is -2.50. The first-order valence-corrected chi connectivity index (χ1v) is 5.50. The Labute approximate surface area is 118 Å². The molecule has 116 valence electrons. The van der Waals surface area contributed by atoms with Crippen LogP contribution in [0.4, 0.5) is 0 Å². The van der Waals surface area contributed by atoms with Crippen molar-refractivity contribution < 1.29 is 47.6 Å². The van der Waals surface area contributed by atoms with Crippen molar-refractivity contribution in [2.75, 3.05) is 13.6 Å². The average Bonchev–Trinajstić information content (AvgIpc) is 2.88. The SMILES string of the molecule is CC(=O)OCOC(=O)C1(C(=O)OCOC(C)=O)OC=CO1. The fourth-order valence-corrected chi connectivity index (χ4v) is 1.07. The normalized spacial score (nSPS) is 14.4. The van der Waals surface area contributed by atoms with Gasteiger partial charge in [0.05, 0.1) is 0 Å². The van der Waals surface area contributed by atoms with Gasteiger partial charge in [-0.3, -0.25) is 9.59 Å². The lowest BCUT2D eigenvalue weighted by atomic mass is 10.3. The van der Waals surface area contributed by atoms with E-state index in [9.17, 15) is 19.2 Å². The summed E-state index contributed by atoms with van der Waals surface area (Å²) in [7, 11) is 0. The topological polar surface area (TPSA) is 124 Å². The Morgan fingerprint density at radius 2 is 1.19 bits per heavy atom. The zero-order valence-electron chi connectivity index (χ0n) is 11.2. The van der Waals surface area contributed by atoms with Gasteiger partial charge in [-0.2, -0.15) is 0 Å². The van der Waals surface area contributed by atoms with E-state index in [1.165, 1.54) is 0 Å². The standard InChI is InChI=1S/C11H12O10/c1-7(12)16-5-18-9(14)11(20-3-4-21-11)10(15)19-6-17-8(2)13/h3-4H,5-6H2,1-2H3. The highest BCUT2D eigenvalue weighted by Crippen LogP contribution is 2.24. The van der Waals surface area contributed by atoms with Crippen molar-refractivity contribution in [3.63, 3.8) is 0 Å². The molecule has 21 heavy (non-hydrogen) atoms. The highest BCUT2D eigenvalue weighted by Gasteiger charge is 2.56. The van der Waals surface area contributed by atoms with Crippen LogP contribution in [0.1, 0.15) is 13.8 Å². The maximum atomic E-state index is 11.8. The van der Waals surface area contributed by atoms with Crippen molar-refractivity contribution in [1.82, 2.24) is 0 Å². The molecular weight excluding hydrogens is 292 g/mol. The molecule has 1 heterocycles. The Balaban J connectivity index is 2.60. The predicted octanol–water partition coefficient (Wildman–Crippen LogP) is -0.672. The third-order valence-electron chi connectivity index (χ3n) is 1.97. The molecule has 0 saturated heterocycles. The summed E-state index contributed by atoms with van der Waals surface area (Å²) in [5.74, 6) is -6.52. The van der Waals surface area contributed by atoms with Gasteiger partial charge in [-0.05, 0) is 0 Å². The van der Waals surface area contributed by atoms with Gasteiger partial charge in [-0.15, -0.1) is 0 Å². The molecule has 0 bridgehead atoms. The van der Waals surface area contributed by atoms with E-state index in [2.05, 4.69) is 18.9 Å². The van der Waals surface area contributed by atoms with E-state index in [1.54, 1.807) is 0 Å². The second kappa shape index (κ2) is 7.12. The summed E-state index contributed by atoms with van der Waals surface area (Å²) in [6.07, 6.45) is 1.83. The van der Waals surface area contributed by atoms with Crippen molar-refractivity contribution in [3.8, 4) is 0 Å². The zero-order valence-corrected chi connectivity index (χ0v) is 11.2. The monoisotopic (exact) mass is 304 g/mol. The second-order valence-electron chi connectivity index (χ2n) is 3.50. The van der Waals surface area contributed by atoms with Gasteiger partial charge in [0.2, 0.25) is 13.6 Å². The van der Waals surface area contributed by atoms with Gasteiger partial charge in [-0.1, -0.05) is 0 Å². The first-order chi connectivity index (χ1) is 9.88. The number of carbonyl (C=O) groups excluding carboxylic acids is 4. The summed E-state index contributed by atoms with van der Waals surface area (Å²) < 4.78 is 27.3. The van der Waals surface area contributed by atoms with E-state index in [1.807, 2.05) is 0 Å². The summed E-state index contributed by atoms with van der Waals surface area (Å²) in [6.45, 7) is 0.724. The predicted molar refractivity (Wildman–Crippen MR) is 59.5 cm³/mol. The van der Waals surface area contributed by atoms with Gasteiger partial charge < -0.3 is 28.4 Å². The van der Waals surface area contributed by atoms with Crippen LogP contribution in [0, 0.1) is 0 Å². The molecule has 0 spiro atoms. The van der Waals surface area contributed by atoms with Gasteiger partial charge in [0.15, 0.2) is 0 Å². The van der Waals surface area contributed by atoms with Crippen LogP contribution in [0.15, 0.2) is 12.5 Å². The van der Waals surface area contributed by atoms with Crippen LogP contribution in [-0.2, 0) is 47.6 Å². The third kappa shape index (κ3) is 4.37. The molecule has 0 amide bonds. The smallest absolute Gasteiger partial charge is 0.439 e. The molecule has 1 rings (SSSR count). The lowest BCUT2D eigenvalue weighted by molar-refractivity contribution is -0.227. The Morgan fingerprint density at radius 3 is 1.52 bits per heavy atom. The van der Waals surface area contributed by atoms with Crippen LogP contribution in [0.5, 0.6) is 0 Å². The van der Waals surface area contributed by atoms with Crippen molar-refractivity contribution >= 4 is 23.9 Å². The van der Waals surface area contributed by atoms with Crippen LogP contribution in [-0.4, -0.2) is 43.3 Å². The van der Waals surface area contributed by atoms with E-state index in [0.29, 0.717) is 0 Å². The Bertz CT molecular complexity index is 424. The number of rotatable bonds is 6. The Kier molecular flexibility index (Phi) is 5.52. The summed E-state index contributed by atoms with van der Waals surface area (Å²) in [5.41, 5.74) is 0. The van der Waals surface area contributed by atoms with E-state index >= 15 is 0 Å². The van der Waals surface area contributed by atoms with Gasteiger partial charge in [-0.25, -0.2) is 9.59 Å². The molecule has 0 aromatic carbocycles. The molecule has 0 unspecified atom stereocenters. The summed E-state index contributed by atoms with van der Waals surface area (Å²) >= 11 is 0. The summed E-state index contributed by atoms with van der Waals surface area (Å²) in [6, 6.07) is 0. The highest BCUT2D eigenvalue weighted by atomic mass is 16.8. The minimum atomic E-state index is -2.53. The third-order valence-corrected chi connectivity index (χ3v) is 1.97. The van der Waals surface area contributed by atoms with E-state index < -0.39 is 43.3 Å². The second-order valence-corrected chi connectivity index (χ2v) is 3.50. The van der Waals surface area contributed by atoms with Gasteiger partial charge in [0, 0.05) is 13.8 Å². The largest absolute Gasteiger partial charge is 0.452 e. The highest BCUT2D eigenvalue weighted by molar-refractivity contribution is 6.02. The van der Waals surface area contributed by atoms with E-state index in [4.69, 9.17) is 9.47 Å². The maximum absolute atomic E-state index is 11.8. The van der Waals surface area contributed by atoms with Gasteiger partial charge >= 0.3 is 29.7 Å². The Morgan fingerprint density at radius 1 is 0.810 bits per heavy atom. The van der Waals surface area contributed by atoms with Crippen molar-refractivity contribution in [1.29, 1.82) is 0 Å². The molecule has 0 N–H and O–H groups in total. The summed E-state index contributed by atoms with van der Waals surface area (Å²) in [5, 5.41) is 0. The molecule has 0 radical (unpaired) electrons. The van der Waals surface area contributed by atoms with Crippen LogP contribution in [0.25, 0.3) is 0 Å². The number of hydrogen-bond acceptors (Lipinski definition) is 10. The van der Waals surface area contributed by atoms with Crippen LogP contribution in [0.2, 0.25) is 0 Å². The number of carbonyl (C=O) groups is 4. The summed E-state index contributed by atoms with van der Waals surface area (Å²) in [4.78, 5) is 44.6. The molecule has 0 aromatic heterocycles. The van der Waals surface area contributed by atoms with Crippen LogP contribution in [0.3, 0.4) is 0 Å². The molecule has 10 heteroatoms.